The third-order valence-electron chi connectivity index (χ3n) is 2.82. The van der Waals surface area contributed by atoms with Gasteiger partial charge in [0.2, 0.25) is 0 Å². The summed E-state index contributed by atoms with van der Waals surface area (Å²) in [7, 11) is 3.68. The summed E-state index contributed by atoms with van der Waals surface area (Å²) >= 11 is 0. The highest BCUT2D eigenvalue weighted by molar-refractivity contribution is 5.39. The van der Waals surface area contributed by atoms with Crippen molar-refractivity contribution >= 4 is 0 Å². The predicted octanol–water partition coefficient (Wildman–Crippen LogP) is 2.88. The van der Waals surface area contributed by atoms with Crippen LogP contribution in [0.2, 0.25) is 0 Å². The maximum absolute atomic E-state index is 9.84. The molecule has 0 saturated carbocycles. The Labute approximate surface area is 104 Å². The van der Waals surface area contributed by atoms with Crippen LogP contribution in [0.1, 0.15) is 25.8 Å². The fraction of sp³-hybridized carbons (Fsp3) is 0.571. The average Bonchev–Trinajstić information content (AvgIpc) is 2.29. The number of rotatable bonds is 6. The van der Waals surface area contributed by atoms with Crippen LogP contribution in [0.3, 0.4) is 0 Å². The van der Waals surface area contributed by atoms with Crippen LogP contribution in [0.4, 0.5) is 0 Å². The van der Waals surface area contributed by atoms with Crippen LogP contribution in [0, 0.1) is 5.92 Å². The van der Waals surface area contributed by atoms with Gasteiger partial charge in [0.05, 0.1) is 7.11 Å². The molecule has 3 heteroatoms. The van der Waals surface area contributed by atoms with Gasteiger partial charge >= 0.3 is 0 Å². The van der Waals surface area contributed by atoms with Crippen molar-refractivity contribution in [1.29, 1.82) is 0 Å². The van der Waals surface area contributed by atoms with Gasteiger partial charge in [-0.3, -0.25) is 0 Å². The first-order chi connectivity index (χ1) is 8.02. The van der Waals surface area contributed by atoms with Crippen LogP contribution in [-0.2, 0) is 6.54 Å². The van der Waals surface area contributed by atoms with E-state index in [0.29, 0.717) is 17.4 Å². The molecule has 0 aliphatic heterocycles. The highest BCUT2D eigenvalue weighted by atomic mass is 16.5. The van der Waals surface area contributed by atoms with Crippen LogP contribution in [0.25, 0.3) is 0 Å². The topological polar surface area (TPSA) is 32.7 Å². The van der Waals surface area contributed by atoms with Crippen molar-refractivity contribution in [3.8, 4) is 11.5 Å². The van der Waals surface area contributed by atoms with Gasteiger partial charge in [-0.1, -0.05) is 19.9 Å². The zero-order valence-corrected chi connectivity index (χ0v) is 11.2. The predicted molar refractivity (Wildman–Crippen MR) is 70.4 cm³/mol. The molecule has 0 aliphatic carbocycles. The van der Waals surface area contributed by atoms with Gasteiger partial charge in [-0.15, -0.1) is 0 Å². The second-order valence-electron chi connectivity index (χ2n) is 4.91. The van der Waals surface area contributed by atoms with E-state index in [1.165, 1.54) is 6.42 Å². The first-order valence-electron chi connectivity index (χ1n) is 6.07. The number of methoxy groups -OCH3 is 1. The lowest BCUT2D eigenvalue weighted by Gasteiger charge is -2.18. The molecule has 1 aromatic rings. The fourth-order valence-electron chi connectivity index (χ4n) is 1.65. The molecule has 0 amide bonds. The molecule has 3 nitrogen and oxygen atoms in total. The molecule has 0 atom stereocenters. The Kier molecular flexibility index (Phi) is 5.29. The van der Waals surface area contributed by atoms with Gasteiger partial charge in [-0.25, -0.2) is 0 Å². The van der Waals surface area contributed by atoms with Gasteiger partial charge in [0.25, 0.3) is 0 Å². The molecular weight excluding hydrogens is 214 g/mol. The van der Waals surface area contributed by atoms with Gasteiger partial charge in [0, 0.05) is 18.2 Å². The second-order valence-corrected chi connectivity index (χ2v) is 4.91. The summed E-state index contributed by atoms with van der Waals surface area (Å²) in [6.07, 6.45) is 1.17. The molecule has 0 heterocycles. The Hall–Kier alpha value is -1.22. The number of hydrogen-bond donors (Lipinski definition) is 1. The van der Waals surface area contributed by atoms with E-state index in [1.807, 2.05) is 12.1 Å². The van der Waals surface area contributed by atoms with Gasteiger partial charge in [-0.2, -0.15) is 0 Å². The molecule has 0 aliphatic rings. The van der Waals surface area contributed by atoms with Crippen molar-refractivity contribution in [3.05, 3.63) is 23.8 Å². The Morgan fingerprint density at radius 1 is 1.35 bits per heavy atom. The first kappa shape index (κ1) is 13.8. The van der Waals surface area contributed by atoms with Crippen molar-refractivity contribution in [3.63, 3.8) is 0 Å². The van der Waals surface area contributed by atoms with E-state index in [0.717, 1.165) is 18.7 Å². The summed E-state index contributed by atoms with van der Waals surface area (Å²) in [5.74, 6) is 1.71. The van der Waals surface area contributed by atoms with Gasteiger partial charge in [-0.05, 0) is 32.0 Å². The summed E-state index contributed by atoms with van der Waals surface area (Å²) in [4.78, 5) is 2.22. The molecule has 0 spiro atoms. The van der Waals surface area contributed by atoms with E-state index >= 15 is 0 Å². The molecule has 0 aromatic heterocycles. The minimum absolute atomic E-state index is 0.306. The molecule has 0 fully saturated rings. The number of hydrogen-bond acceptors (Lipinski definition) is 3. The molecule has 1 N–H and O–H groups in total. The number of aromatic hydroxyl groups is 1. The van der Waals surface area contributed by atoms with Crippen LogP contribution < -0.4 is 4.74 Å². The Morgan fingerprint density at radius 3 is 2.59 bits per heavy atom. The summed E-state index contributed by atoms with van der Waals surface area (Å²) in [5, 5.41) is 9.84. The zero-order chi connectivity index (χ0) is 12.8. The van der Waals surface area contributed by atoms with Crippen LogP contribution in [-0.4, -0.2) is 30.7 Å². The summed E-state index contributed by atoms with van der Waals surface area (Å²) in [6.45, 7) is 6.25. The van der Waals surface area contributed by atoms with Crippen LogP contribution in [0.5, 0.6) is 11.5 Å². The third-order valence-corrected chi connectivity index (χ3v) is 2.82. The Morgan fingerprint density at radius 2 is 2.06 bits per heavy atom. The minimum atomic E-state index is 0.306. The van der Waals surface area contributed by atoms with Crippen molar-refractivity contribution in [2.75, 3.05) is 20.7 Å². The highest BCUT2D eigenvalue weighted by Crippen LogP contribution is 2.24. The van der Waals surface area contributed by atoms with Gasteiger partial charge in [0.15, 0.2) is 0 Å². The fourth-order valence-corrected chi connectivity index (χ4v) is 1.65. The number of benzene rings is 1. The minimum Gasteiger partial charge on any atom is -0.507 e. The van der Waals surface area contributed by atoms with Gasteiger partial charge < -0.3 is 14.7 Å². The van der Waals surface area contributed by atoms with Crippen LogP contribution >= 0.6 is 0 Å². The lowest BCUT2D eigenvalue weighted by Crippen LogP contribution is -2.20. The molecule has 0 saturated heterocycles. The van der Waals surface area contributed by atoms with Gasteiger partial charge in [0.1, 0.15) is 11.5 Å². The summed E-state index contributed by atoms with van der Waals surface area (Å²) in [6, 6.07) is 5.46. The SMILES string of the molecule is COc1ccc(CN(C)CCC(C)C)c(O)c1. The van der Waals surface area contributed by atoms with Crippen molar-refractivity contribution in [2.45, 2.75) is 26.8 Å². The smallest absolute Gasteiger partial charge is 0.123 e. The van der Waals surface area contributed by atoms with E-state index in [2.05, 4.69) is 25.8 Å². The maximum Gasteiger partial charge on any atom is 0.123 e. The molecule has 1 rings (SSSR count). The molecule has 1 aromatic carbocycles. The molecule has 96 valence electrons. The van der Waals surface area contributed by atoms with Crippen molar-refractivity contribution in [2.24, 2.45) is 5.92 Å². The largest absolute Gasteiger partial charge is 0.507 e. The number of phenolic OH excluding ortho intramolecular Hbond substituents is 1. The van der Waals surface area contributed by atoms with E-state index in [-0.39, 0.29) is 0 Å². The average molecular weight is 237 g/mol. The number of phenols is 1. The summed E-state index contributed by atoms with van der Waals surface area (Å²) in [5.41, 5.74) is 0.942. The van der Waals surface area contributed by atoms with Crippen molar-refractivity contribution < 1.29 is 9.84 Å². The van der Waals surface area contributed by atoms with E-state index in [1.54, 1.807) is 13.2 Å². The third kappa shape index (κ3) is 4.65. The monoisotopic (exact) mass is 237 g/mol. The van der Waals surface area contributed by atoms with E-state index in [4.69, 9.17) is 4.74 Å². The number of ether oxygens (including phenoxy) is 1. The highest BCUT2D eigenvalue weighted by Gasteiger charge is 2.07. The molecule has 0 unspecified atom stereocenters. The normalized spacial score (nSPS) is 11.2. The van der Waals surface area contributed by atoms with Crippen molar-refractivity contribution in [1.82, 2.24) is 4.90 Å². The van der Waals surface area contributed by atoms with Crippen LogP contribution in [0.15, 0.2) is 18.2 Å². The maximum atomic E-state index is 9.84. The van der Waals surface area contributed by atoms with E-state index in [9.17, 15) is 5.11 Å². The lowest BCUT2D eigenvalue weighted by molar-refractivity contribution is 0.298. The zero-order valence-electron chi connectivity index (χ0n) is 11.2. The standard InChI is InChI=1S/C14H23NO2/c1-11(2)7-8-15(3)10-12-5-6-13(17-4)9-14(12)16/h5-6,9,11,16H,7-8,10H2,1-4H3. The number of nitrogens with zero attached hydrogens (tertiary/aromatic N) is 1. The first-order valence-corrected chi connectivity index (χ1v) is 6.07. The lowest BCUT2D eigenvalue weighted by atomic mass is 10.1. The second kappa shape index (κ2) is 6.50. The molecule has 0 radical (unpaired) electrons. The Bertz CT molecular complexity index is 350. The quantitative estimate of drug-likeness (QED) is 0.825. The molecule has 17 heavy (non-hydrogen) atoms. The van der Waals surface area contributed by atoms with E-state index < -0.39 is 0 Å². The molecule has 0 bridgehead atoms. The summed E-state index contributed by atoms with van der Waals surface area (Å²) < 4.78 is 5.06. The Balaban J connectivity index is 2.56. The molecular formula is C14H23NO2.